The summed E-state index contributed by atoms with van der Waals surface area (Å²) in [5.41, 5.74) is 0. The van der Waals surface area contributed by atoms with Crippen LogP contribution in [0, 0.1) is 6.42 Å². The highest BCUT2D eigenvalue weighted by molar-refractivity contribution is 8.12. The highest BCUT2D eigenvalue weighted by Crippen LogP contribution is 2.39. The fraction of sp³-hybridized carbons (Fsp3) is 0.778. The lowest BCUT2D eigenvalue weighted by Crippen LogP contribution is -2.38. The molecule has 13 heavy (non-hydrogen) atoms. The topological polar surface area (TPSA) is 33.3 Å². The van der Waals surface area contributed by atoms with Crippen molar-refractivity contribution >= 4 is 15.6 Å². The normalized spacial score (nSPS) is 48.2. The van der Waals surface area contributed by atoms with Gasteiger partial charge in [-0.05, 0) is 6.42 Å². The lowest BCUT2D eigenvalue weighted by Gasteiger charge is -2.15. The molecule has 4 unspecified atom stereocenters. The van der Waals surface area contributed by atoms with Gasteiger partial charge in [-0.3, -0.25) is 10.6 Å². The molecule has 0 saturated carbocycles. The minimum Gasteiger partial charge on any atom is -0.319 e. The maximum atomic E-state index is 5.93. The van der Waals surface area contributed by atoms with Gasteiger partial charge in [-0.25, -0.2) is 0 Å². The first-order chi connectivity index (χ1) is 6.38. The summed E-state index contributed by atoms with van der Waals surface area (Å²) in [6, 6.07) is 1.20. The van der Waals surface area contributed by atoms with Crippen molar-refractivity contribution in [3.8, 4) is 0 Å². The number of hydrogen-bond acceptors (Lipinski definition) is 3. The zero-order valence-electron chi connectivity index (χ0n) is 7.75. The quantitative estimate of drug-likeness (QED) is 0.594. The van der Waals surface area contributed by atoms with Crippen molar-refractivity contribution in [3.63, 3.8) is 0 Å². The Morgan fingerprint density at radius 3 is 3.38 bits per heavy atom. The van der Waals surface area contributed by atoms with E-state index in [0.29, 0.717) is 18.2 Å². The van der Waals surface area contributed by atoms with E-state index in [2.05, 4.69) is 24.0 Å². The summed E-state index contributed by atoms with van der Waals surface area (Å²) in [6.07, 6.45) is 3.84. The average molecular weight is 199 g/mol. The van der Waals surface area contributed by atoms with E-state index < -0.39 is 0 Å². The third-order valence-corrected chi connectivity index (χ3v) is 5.04. The smallest absolute Gasteiger partial charge is 0.0791 e. The Balaban J connectivity index is 1.79. The van der Waals surface area contributed by atoms with Crippen LogP contribution in [0.4, 0.5) is 0 Å². The van der Waals surface area contributed by atoms with Crippen LogP contribution in [0.2, 0.25) is 0 Å². The fourth-order valence-corrected chi connectivity index (χ4v) is 4.58. The molecule has 73 valence electrons. The maximum absolute atomic E-state index is 5.93. The summed E-state index contributed by atoms with van der Waals surface area (Å²) in [4.78, 5) is 1.53. The van der Waals surface area contributed by atoms with Crippen molar-refractivity contribution in [2.45, 2.75) is 31.5 Å². The van der Waals surface area contributed by atoms with Crippen molar-refractivity contribution in [2.24, 2.45) is 0 Å². The van der Waals surface area contributed by atoms with Crippen molar-refractivity contribution in [3.05, 3.63) is 6.42 Å². The molecule has 1 fully saturated rings. The highest BCUT2D eigenvalue weighted by Gasteiger charge is 2.42. The number of rotatable bonds is 1. The van der Waals surface area contributed by atoms with Crippen LogP contribution in [0.5, 0.6) is 0 Å². The second-order valence-electron chi connectivity index (χ2n) is 3.79. The average Bonchev–Trinajstić information content (AvgIpc) is 2.72. The lowest BCUT2D eigenvalue weighted by molar-refractivity contribution is 0.284. The standard InChI is InChI=1S/C9H15N2OS/c1-2-6-3-8-9-7(10-5-11-9)4-13(8)12-6/h3,6-7,9-11H,2,4-5H2,1H3. The zero-order chi connectivity index (χ0) is 8.84. The van der Waals surface area contributed by atoms with Gasteiger partial charge in [-0.2, -0.15) is 0 Å². The molecule has 4 heteroatoms. The van der Waals surface area contributed by atoms with Gasteiger partial charge < -0.3 is 4.18 Å². The SMILES string of the molecule is CCC1[CH]C2=S(CC3NCNC23)O1. The van der Waals surface area contributed by atoms with Gasteiger partial charge in [-0.15, -0.1) is 0 Å². The van der Waals surface area contributed by atoms with Crippen molar-refractivity contribution in [2.75, 3.05) is 12.4 Å². The van der Waals surface area contributed by atoms with Crippen molar-refractivity contribution in [1.82, 2.24) is 10.6 Å². The minimum absolute atomic E-state index is 0.129. The first-order valence-electron chi connectivity index (χ1n) is 4.95. The summed E-state index contributed by atoms with van der Waals surface area (Å²) >= 11 is 0. The zero-order valence-corrected chi connectivity index (χ0v) is 8.56. The molecule has 0 amide bonds. The Kier molecular flexibility index (Phi) is 1.98. The van der Waals surface area contributed by atoms with Gasteiger partial charge in [-0.1, -0.05) is 17.7 Å². The molecule has 0 aromatic rings. The molecular formula is C9H15N2OS. The predicted molar refractivity (Wildman–Crippen MR) is 55.6 cm³/mol. The lowest BCUT2D eigenvalue weighted by atomic mass is 10.0. The van der Waals surface area contributed by atoms with Gasteiger partial charge in [0.15, 0.2) is 0 Å². The number of nitrogens with one attached hydrogen (secondary N) is 2. The van der Waals surface area contributed by atoms with Gasteiger partial charge in [0.05, 0.1) is 12.1 Å². The Bertz CT molecular complexity index is 266. The summed E-state index contributed by atoms with van der Waals surface area (Å²) in [5, 5.41) is 6.94. The molecule has 2 N–H and O–H groups in total. The van der Waals surface area contributed by atoms with Gasteiger partial charge in [0.1, 0.15) is 0 Å². The Labute approximate surface area is 81.4 Å². The molecule has 0 aliphatic carbocycles. The molecule has 1 saturated heterocycles. The summed E-state index contributed by atoms with van der Waals surface area (Å²) < 4.78 is 5.93. The second kappa shape index (κ2) is 3.05. The molecule has 3 nitrogen and oxygen atoms in total. The Hall–Kier alpha value is 0.1000. The molecule has 0 spiro atoms. The van der Waals surface area contributed by atoms with E-state index in [-0.39, 0.29) is 10.8 Å². The Morgan fingerprint density at radius 2 is 2.54 bits per heavy atom. The van der Waals surface area contributed by atoms with E-state index in [1.165, 1.54) is 10.6 Å². The molecular weight excluding hydrogens is 184 g/mol. The molecule has 3 heterocycles. The minimum atomic E-state index is 0.129. The van der Waals surface area contributed by atoms with E-state index >= 15 is 0 Å². The molecule has 4 atom stereocenters. The predicted octanol–water partition coefficient (Wildman–Crippen LogP) is 0.257. The van der Waals surface area contributed by atoms with Crippen LogP contribution in [0.1, 0.15) is 13.3 Å². The van der Waals surface area contributed by atoms with Gasteiger partial charge >= 0.3 is 0 Å². The summed E-state index contributed by atoms with van der Waals surface area (Å²) in [7, 11) is 0.129. The first-order valence-corrected chi connectivity index (χ1v) is 6.27. The third kappa shape index (κ3) is 1.20. The summed E-state index contributed by atoms with van der Waals surface area (Å²) in [5.74, 6) is 1.18. The molecule has 3 rings (SSSR count). The highest BCUT2D eigenvalue weighted by atomic mass is 32.2. The van der Waals surface area contributed by atoms with Crippen LogP contribution < -0.4 is 10.6 Å². The van der Waals surface area contributed by atoms with E-state index in [4.69, 9.17) is 4.18 Å². The van der Waals surface area contributed by atoms with E-state index in [1.54, 1.807) is 0 Å². The van der Waals surface area contributed by atoms with Crippen LogP contribution in [0.3, 0.4) is 0 Å². The molecule has 3 aliphatic rings. The van der Waals surface area contributed by atoms with Crippen molar-refractivity contribution < 1.29 is 4.18 Å². The molecule has 0 aromatic carbocycles. The Morgan fingerprint density at radius 1 is 1.62 bits per heavy atom. The first kappa shape index (κ1) is 8.41. The van der Waals surface area contributed by atoms with Crippen LogP contribution in [0.15, 0.2) is 0 Å². The molecule has 0 aromatic heterocycles. The summed E-state index contributed by atoms with van der Waals surface area (Å²) in [6.45, 7) is 3.14. The monoisotopic (exact) mass is 199 g/mol. The van der Waals surface area contributed by atoms with E-state index in [1.807, 2.05) is 0 Å². The van der Waals surface area contributed by atoms with Crippen LogP contribution >= 0.6 is 10.8 Å². The molecule has 0 bridgehead atoms. The van der Waals surface area contributed by atoms with Gasteiger partial charge in [0.2, 0.25) is 0 Å². The largest absolute Gasteiger partial charge is 0.319 e. The maximum Gasteiger partial charge on any atom is 0.0791 e. The fourth-order valence-electron chi connectivity index (χ4n) is 2.24. The molecule has 3 aliphatic heterocycles. The van der Waals surface area contributed by atoms with E-state index in [0.717, 1.165) is 13.1 Å². The van der Waals surface area contributed by atoms with Gasteiger partial charge in [0, 0.05) is 29.7 Å². The third-order valence-electron chi connectivity index (χ3n) is 2.98. The van der Waals surface area contributed by atoms with Crippen molar-refractivity contribution in [1.29, 1.82) is 0 Å². The van der Waals surface area contributed by atoms with Crippen LogP contribution in [-0.4, -0.2) is 35.5 Å². The number of hydrogen-bond donors (Lipinski definition) is 2. The van der Waals surface area contributed by atoms with Gasteiger partial charge in [0.25, 0.3) is 0 Å². The van der Waals surface area contributed by atoms with E-state index in [9.17, 15) is 0 Å². The molecule has 1 radical (unpaired) electrons. The second-order valence-corrected chi connectivity index (χ2v) is 5.48. The van der Waals surface area contributed by atoms with Crippen LogP contribution in [-0.2, 0) is 4.18 Å². The van der Waals surface area contributed by atoms with Crippen LogP contribution in [0.25, 0.3) is 0 Å². The number of fused-ring (bicyclic) bond motifs is 2.